The number of amides is 1. The predicted molar refractivity (Wildman–Crippen MR) is 115 cm³/mol. The van der Waals surface area contributed by atoms with E-state index in [4.69, 9.17) is 11.6 Å². The number of nitrogens with one attached hydrogen (secondary N) is 2. The molecule has 0 spiro atoms. The largest absolute Gasteiger partial charge is 0.322 e. The van der Waals surface area contributed by atoms with Crippen LogP contribution >= 0.6 is 11.6 Å². The Morgan fingerprint density at radius 2 is 1.74 bits per heavy atom. The molecule has 0 unspecified atom stereocenters. The number of hydrogen-bond acceptors (Lipinski definition) is 7. The van der Waals surface area contributed by atoms with Gasteiger partial charge in [-0.15, -0.1) is 0 Å². The fraction of sp³-hybridized carbons (Fsp3) is 0.105. The quantitative estimate of drug-likeness (QED) is 0.420. The molecule has 3 aromatic rings. The maximum absolute atomic E-state index is 12.6. The van der Waals surface area contributed by atoms with Crippen LogP contribution in [-0.4, -0.2) is 29.2 Å². The number of carbonyl (C=O) groups excluding carboxylic acids is 1. The first kappa shape index (κ1) is 22.1. The Kier molecular flexibility index (Phi) is 6.18. The molecule has 0 aliphatic carbocycles. The molecule has 0 radical (unpaired) electrons. The van der Waals surface area contributed by atoms with E-state index in [2.05, 4.69) is 20.0 Å². The third-order valence-corrected chi connectivity index (χ3v) is 5.73. The molecule has 0 aliphatic rings. The second-order valence-corrected chi connectivity index (χ2v) is 8.54. The van der Waals surface area contributed by atoms with Crippen molar-refractivity contribution < 1.29 is 18.1 Å². The molecular weight excluding hydrogens is 446 g/mol. The topological polar surface area (TPSA) is 144 Å². The van der Waals surface area contributed by atoms with E-state index in [-0.39, 0.29) is 32.7 Å². The Morgan fingerprint density at radius 1 is 1.06 bits per heavy atom. The Balaban J connectivity index is 1.77. The lowest BCUT2D eigenvalue weighted by Crippen LogP contribution is -2.15. The van der Waals surface area contributed by atoms with Gasteiger partial charge >= 0.3 is 0 Å². The van der Waals surface area contributed by atoms with Gasteiger partial charge in [0.2, 0.25) is 0 Å². The highest BCUT2D eigenvalue weighted by Crippen LogP contribution is 2.24. The van der Waals surface area contributed by atoms with Crippen molar-refractivity contribution in [2.24, 2.45) is 0 Å². The van der Waals surface area contributed by atoms with Crippen LogP contribution in [0.15, 0.2) is 53.4 Å². The highest BCUT2D eigenvalue weighted by Gasteiger charge is 2.18. The molecule has 1 heterocycles. The number of non-ortho nitro benzene ring substituents is 1. The summed E-state index contributed by atoms with van der Waals surface area (Å²) in [5.74, 6) is -0.104. The van der Waals surface area contributed by atoms with E-state index in [0.717, 1.165) is 6.07 Å². The maximum atomic E-state index is 12.6. The first-order chi connectivity index (χ1) is 14.5. The molecular formula is C19H16ClN5O5S. The summed E-state index contributed by atoms with van der Waals surface area (Å²) in [7, 11) is -3.92. The molecule has 1 amide bonds. The van der Waals surface area contributed by atoms with E-state index in [1.54, 1.807) is 13.8 Å². The molecule has 0 saturated carbocycles. The highest BCUT2D eigenvalue weighted by atomic mass is 35.5. The fourth-order valence-electron chi connectivity index (χ4n) is 2.68. The van der Waals surface area contributed by atoms with E-state index < -0.39 is 20.9 Å². The van der Waals surface area contributed by atoms with Gasteiger partial charge in [-0.3, -0.25) is 19.6 Å². The number of anilines is 2. The van der Waals surface area contributed by atoms with Crippen LogP contribution in [-0.2, 0) is 10.0 Å². The molecule has 1 aromatic heterocycles. The zero-order valence-corrected chi connectivity index (χ0v) is 17.9. The van der Waals surface area contributed by atoms with Crippen molar-refractivity contribution >= 4 is 44.7 Å². The summed E-state index contributed by atoms with van der Waals surface area (Å²) in [6.45, 7) is 3.37. The molecule has 31 heavy (non-hydrogen) atoms. The van der Waals surface area contributed by atoms with Gasteiger partial charge < -0.3 is 5.32 Å². The number of nitro benzene ring substituents is 1. The molecule has 2 aromatic carbocycles. The minimum absolute atomic E-state index is 0.0435. The third kappa shape index (κ3) is 5.32. The Bertz CT molecular complexity index is 1260. The van der Waals surface area contributed by atoms with E-state index in [0.29, 0.717) is 11.5 Å². The Hall–Kier alpha value is -3.57. The smallest absolute Gasteiger partial charge is 0.270 e. The van der Waals surface area contributed by atoms with Gasteiger partial charge in [-0.1, -0.05) is 11.6 Å². The lowest BCUT2D eigenvalue weighted by atomic mass is 10.2. The van der Waals surface area contributed by atoms with Crippen LogP contribution in [0.25, 0.3) is 0 Å². The summed E-state index contributed by atoms with van der Waals surface area (Å²) < 4.78 is 27.5. The summed E-state index contributed by atoms with van der Waals surface area (Å²) in [6.07, 6.45) is 0. The van der Waals surface area contributed by atoms with Crippen molar-refractivity contribution in [3.63, 3.8) is 0 Å². The first-order valence-electron chi connectivity index (χ1n) is 8.75. The molecule has 0 saturated heterocycles. The van der Waals surface area contributed by atoms with Crippen LogP contribution in [0.1, 0.15) is 21.9 Å². The van der Waals surface area contributed by atoms with Gasteiger partial charge in [-0.25, -0.2) is 18.4 Å². The number of rotatable bonds is 6. The van der Waals surface area contributed by atoms with Crippen molar-refractivity contribution in [2.75, 3.05) is 10.0 Å². The first-order valence-corrected chi connectivity index (χ1v) is 10.6. The molecule has 3 rings (SSSR count). The van der Waals surface area contributed by atoms with E-state index in [1.807, 2.05) is 0 Å². The number of nitrogens with zero attached hydrogens (tertiary/aromatic N) is 3. The summed E-state index contributed by atoms with van der Waals surface area (Å²) in [5.41, 5.74) is 0.532. The lowest BCUT2D eigenvalue weighted by molar-refractivity contribution is -0.384. The van der Waals surface area contributed by atoms with Gasteiger partial charge in [-0.05, 0) is 44.2 Å². The number of sulfonamides is 1. The molecule has 0 aliphatic heterocycles. The van der Waals surface area contributed by atoms with E-state index >= 15 is 0 Å². The zero-order valence-electron chi connectivity index (χ0n) is 16.3. The van der Waals surface area contributed by atoms with Gasteiger partial charge in [0.15, 0.2) is 0 Å². The number of halogens is 1. The number of aryl methyl sites for hydroxylation is 2. The Morgan fingerprint density at radius 3 is 2.35 bits per heavy atom. The number of nitro groups is 1. The third-order valence-electron chi connectivity index (χ3n) is 4.03. The van der Waals surface area contributed by atoms with Gasteiger partial charge in [-0.2, -0.15) is 0 Å². The standard InChI is InChI=1S/C19H16ClN5O5S/c1-11-9-18(22-12(2)21-11)24-31(29,30)15-6-3-13(4-7-15)23-19(26)16-10-14(25(27)28)5-8-17(16)20/h3-10H,1-2H3,(H,23,26)(H,21,22,24). The van der Waals surface area contributed by atoms with Gasteiger partial charge in [0.05, 0.1) is 20.4 Å². The summed E-state index contributed by atoms with van der Waals surface area (Å²) in [6, 6.07) is 10.4. The van der Waals surface area contributed by atoms with E-state index in [1.165, 1.54) is 42.5 Å². The molecule has 0 bridgehead atoms. The molecule has 160 valence electrons. The van der Waals surface area contributed by atoms with Gasteiger partial charge in [0.25, 0.3) is 21.6 Å². The highest BCUT2D eigenvalue weighted by molar-refractivity contribution is 7.92. The molecule has 0 atom stereocenters. The number of aromatic nitrogens is 2. The van der Waals surface area contributed by atoms with Crippen molar-refractivity contribution in [1.29, 1.82) is 0 Å². The Labute approximate surface area is 182 Å². The second-order valence-electron chi connectivity index (χ2n) is 6.45. The van der Waals surface area contributed by atoms with Crippen molar-refractivity contribution in [3.8, 4) is 0 Å². The van der Waals surface area contributed by atoms with E-state index in [9.17, 15) is 23.3 Å². The van der Waals surface area contributed by atoms with Crippen LogP contribution in [0.2, 0.25) is 5.02 Å². The molecule has 0 fully saturated rings. The molecule has 10 nitrogen and oxygen atoms in total. The van der Waals surface area contributed by atoms with Crippen molar-refractivity contribution in [2.45, 2.75) is 18.7 Å². The van der Waals surface area contributed by atoms with Crippen LogP contribution in [0.4, 0.5) is 17.2 Å². The zero-order chi connectivity index (χ0) is 22.8. The number of hydrogen-bond donors (Lipinski definition) is 2. The van der Waals surface area contributed by atoms with Crippen LogP contribution in [0.3, 0.4) is 0 Å². The number of carbonyl (C=O) groups is 1. The van der Waals surface area contributed by atoms with Crippen LogP contribution in [0, 0.1) is 24.0 Å². The van der Waals surface area contributed by atoms with Crippen molar-refractivity contribution in [1.82, 2.24) is 9.97 Å². The van der Waals surface area contributed by atoms with Gasteiger partial charge in [0, 0.05) is 29.6 Å². The van der Waals surface area contributed by atoms with Crippen molar-refractivity contribution in [3.05, 3.63) is 80.7 Å². The average Bonchev–Trinajstić information content (AvgIpc) is 2.67. The SMILES string of the molecule is Cc1cc(NS(=O)(=O)c2ccc(NC(=O)c3cc([N+](=O)[O-])ccc3Cl)cc2)nc(C)n1. The molecule has 12 heteroatoms. The summed E-state index contributed by atoms with van der Waals surface area (Å²) in [4.78, 5) is 30.8. The van der Waals surface area contributed by atoms with Crippen LogP contribution in [0.5, 0.6) is 0 Å². The van der Waals surface area contributed by atoms with Gasteiger partial charge in [0.1, 0.15) is 11.6 Å². The summed E-state index contributed by atoms with van der Waals surface area (Å²) in [5, 5.41) is 13.5. The normalized spacial score (nSPS) is 11.1. The number of benzene rings is 2. The predicted octanol–water partition coefficient (Wildman–Crippen LogP) is 3.71. The minimum Gasteiger partial charge on any atom is -0.322 e. The molecule has 2 N–H and O–H groups in total. The van der Waals surface area contributed by atoms with Crippen LogP contribution < -0.4 is 10.0 Å². The second kappa shape index (κ2) is 8.66. The monoisotopic (exact) mass is 461 g/mol. The maximum Gasteiger partial charge on any atom is 0.270 e. The summed E-state index contributed by atoms with van der Waals surface area (Å²) >= 11 is 5.96. The average molecular weight is 462 g/mol. The lowest BCUT2D eigenvalue weighted by Gasteiger charge is -2.10. The minimum atomic E-state index is -3.92. The fourth-order valence-corrected chi connectivity index (χ4v) is 3.88.